The molecule has 0 amide bonds. The maximum absolute atomic E-state index is 11.5. The molecule has 0 bridgehead atoms. The Balaban J connectivity index is 1.78. The summed E-state index contributed by atoms with van der Waals surface area (Å²) < 4.78 is 0. The van der Waals surface area contributed by atoms with Gasteiger partial charge >= 0.3 is 0 Å². The third-order valence-electron chi connectivity index (χ3n) is 10.4. The van der Waals surface area contributed by atoms with Gasteiger partial charge < -0.3 is 20.4 Å². The second-order valence-electron chi connectivity index (χ2n) is 18.6. The van der Waals surface area contributed by atoms with Crippen LogP contribution in [0.5, 0.6) is 23.0 Å². The third kappa shape index (κ3) is 8.02. The molecule has 0 aromatic heterocycles. The van der Waals surface area contributed by atoms with Crippen molar-refractivity contribution in [1.29, 1.82) is 0 Å². The number of aromatic hydroxyl groups is 4. The van der Waals surface area contributed by atoms with E-state index in [9.17, 15) is 20.4 Å². The van der Waals surface area contributed by atoms with E-state index in [1.165, 1.54) is 0 Å². The van der Waals surface area contributed by atoms with Gasteiger partial charge in [0.25, 0.3) is 0 Å². The minimum Gasteiger partial charge on any atom is -0.508 e. The van der Waals surface area contributed by atoms with Crippen molar-refractivity contribution in [2.75, 3.05) is 0 Å². The normalized spacial score (nSPS) is 12.9. The highest BCUT2D eigenvalue weighted by molar-refractivity contribution is 5.58. The van der Waals surface area contributed by atoms with Crippen molar-refractivity contribution in [3.63, 3.8) is 0 Å². The van der Waals surface area contributed by atoms with Crippen LogP contribution in [0.1, 0.15) is 151 Å². The summed E-state index contributed by atoms with van der Waals surface area (Å²) in [6.07, 6.45) is 0. The Morgan fingerprint density at radius 2 is 0.500 bits per heavy atom. The van der Waals surface area contributed by atoms with E-state index in [0.29, 0.717) is 22.3 Å². The van der Waals surface area contributed by atoms with E-state index in [1.54, 1.807) is 24.3 Å². The lowest BCUT2D eigenvalue weighted by Gasteiger charge is -2.28. The van der Waals surface area contributed by atoms with Crippen LogP contribution in [0, 0.1) is 0 Å². The Hall–Kier alpha value is -4.70. The predicted octanol–water partition coefficient (Wildman–Crippen LogP) is 12.1. The van der Waals surface area contributed by atoms with Crippen molar-refractivity contribution in [1.82, 2.24) is 0 Å². The minimum absolute atomic E-state index is 0.160. The molecule has 0 radical (unpaired) electrons. The maximum atomic E-state index is 11.5. The van der Waals surface area contributed by atoms with Crippen LogP contribution in [0.3, 0.4) is 0 Å². The van der Waals surface area contributed by atoms with Crippen molar-refractivity contribution >= 4 is 0 Å². The lowest BCUT2D eigenvalue weighted by molar-refractivity contribution is 0.455. The van der Waals surface area contributed by atoms with Gasteiger partial charge in [-0.1, -0.05) is 156 Å². The Bertz CT molecular complexity index is 1780. The monoisotopic (exact) mass is 698 g/mol. The molecule has 0 aliphatic carbocycles. The summed E-state index contributed by atoms with van der Waals surface area (Å²) in [5.74, 6) is -0.317. The van der Waals surface area contributed by atoms with Gasteiger partial charge in [-0.2, -0.15) is 0 Å². The van der Waals surface area contributed by atoms with Gasteiger partial charge in [-0.25, -0.2) is 0 Å². The number of benzene rings is 5. The first-order valence-corrected chi connectivity index (χ1v) is 18.4. The molecule has 0 aliphatic heterocycles. The van der Waals surface area contributed by atoms with Crippen LogP contribution in [0.4, 0.5) is 0 Å². The average molecular weight is 699 g/mol. The summed E-state index contributed by atoms with van der Waals surface area (Å²) in [7, 11) is 0. The molecule has 5 aromatic carbocycles. The molecule has 52 heavy (non-hydrogen) atoms. The lowest BCUT2D eigenvalue weighted by atomic mass is 9.76. The summed E-state index contributed by atoms with van der Waals surface area (Å²) in [6.45, 7) is 25.8. The standard InChI is InChI=1S/C48H58O4/c1-45(2,3)31-17-21-39(49)35(25-31)43(36-26-32(46(4,5)6)18-22-40(36)50)29-13-15-30(16-14-29)44(37-27-33(47(7,8)9)19-23-41(37)51)38-28-34(48(10,11)12)20-24-42(38)52/h13-28,43-44,49-52H,1-12H3. The molecular formula is C48H58O4. The molecular weight excluding hydrogens is 641 g/mol. The Morgan fingerprint density at radius 3 is 0.673 bits per heavy atom. The Morgan fingerprint density at radius 1 is 0.308 bits per heavy atom. The fraction of sp³-hybridized carbons (Fsp3) is 0.375. The third-order valence-corrected chi connectivity index (χ3v) is 10.4. The zero-order valence-electron chi connectivity index (χ0n) is 33.2. The minimum atomic E-state index is -0.479. The number of hydrogen-bond donors (Lipinski definition) is 4. The fourth-order valence-corrected chi connectivity index (χ4v) is 6.94. The molecule has 0 heterocycles. The highest BCUT2D eigenvalue weighted by atomic mass is 16.3. The van der Waals surface area contributed by atoms with Crippen LogP contribution in [-0.4, -0.2) is 20.4 Å². The van der Waals surface area contributed by atoms with Gasteiger partial charge in [-0.15, -0.1) is 0 Å². The van der Waals surface area contributed by atoms with Crippen molar-refractivity contribution in [3.05, 3.63) is 153 Å². The topological polar surface area (TPSA) is 80.9 Å². The van der Waals surface area contributed by atoms with E-state index in [0.717, 1.165) is 33.4 Å². The number of hydrogen-bond acceptors (Lipinski definition) is 4. The molecule has 4 heteroatoms. The Labute approximate surface area is 311 Å². The highest BCUT2D eigenvalue weighted by Crippen LogP contribution is 2.46. The molecule has 274 valence electrons. The molecule has 4 nitrogen and oxygen atoms in total. The van der Waals surface area contributed by atoms with Gasteiger partial charge in [0.15, 0.2) is 0 Å². The second-order valence-corrected chi connectivity index (χ2v) is 18.6. The van der Waals surface area contributed by atoms with Gasteiger partial charge in [-0.05, 0) is 79.3 Å². The van der Waals surface area contributed by atoms with Crippen molar-refractivity contribution in [2.24, 2.45) is 0 Å². The fourth-order valence-electron chi connectivity index (χ4n) is 6.94. The van der Waals surface area contributed by atoms with Crippen molar-refractivity contribution in [2.45, 2.75) is 117 Å². The number of rotatable bonds is 6. The molecule has 0 unspecified atom stereocenters. The van der Waals surface area contributed by atoms with E-state index in [4.69, 9.17) is 0 Å². The highest BCUT2D eigenvalue weighted by Gasteiger charge is 2.30. The molecule has 0 atom stereocenters. The van der Waals surface area contributed by atoms with Crippen LogP contribution < -0.4 is 0 Å². The van der Waals surface area contributed by atoms with Crippen molar-refractivity contribution < 1.29 is 20.4 Å². The van der Waals surface area contributed by atoms with Gasteiger partial charge in [0, 0.05) is 34.1 Å². The molecule has 0 saturated heterocycles. The molecule has 0 spiro atoms. The lowest BCUT2D eigenvalue weighted by Crippen LogP contribution is -2.15. The average Bonchev–Trinajstić information content (AvgIpc) is 3.03. The summed E-state index contributed by atoms with van der Waals surface area (Å²) in [6, 6.07) is 31.3. The predicted molar refractivity (Wildman–Crippen MR) is 216 cm³/mol. The largest absolute Gasteiger partial charge is 0.508 e. The first-order chi connectivity index (χ1) is 24.0. The number of phenolic OH excluding ortho intramolecular Hbond substituents is 4. The van der Waals surface area contributed by atoms with Crippen LogP contribution >= 0.6 is 0 Å². The van der Waals surface area contributed by atoms with Crippen LogP contribution in [0.15, 0.2) is 97.1 Å². The summed E-state index contributed by atoms with van der Waals surface area (Å²) in [4.78, 5) is 0. The SMILES string of the molecule is CC(C)(C)c1ccc(O)c(C(c2ccc(C(c3cc(C(C)(C)C)ccc3O)c3cc(C(C)(C)C)ccc3O)cc2)c2cc(C(C)(C)C)ccc2O)c1. The van der Waals surface area contributed by atoms with E-state index in [-0.39, 0.29) is 44.7 Å². The quantitative estimate of drug-likeness (QED) is 0.133. The van der Waals surface area contributed by atoms with Gasteiger partial charge in [0.2, 0.25) is 0 Å². The molecule has 0 fully saturated rings. The summed E-state index contributed by atoms with van der Waals surface area (Å²) in [5, 5.41) is 45.8. The van der Waals surface area contributed by atoms with Gasteiger partial charge in [0.1, 0.15) is 23.0 Å². The van der Waals surface area contributed by atoms with Gasteiger partial charge in [-0.3, -0.25) is 0 Å². The maximum Gasteiger partial charge on any atom is 0.119 e. The molecule has 0 saturated carbocycles. The van der Waals surface area contributed by atoms with Crippen LogP contribution in [0.2, 0.25) is 0 Å². The second kappa shape index (κ2) is 13.7. The smallest absolute Gasteiger partial charge is 0.119 e. The van der Waals surface area contributed by atoms with E-state index in [2.05, 4.69) is 132 Å². The molecule has 4 N–H and O–H groups in total. The zero-order chi connectivity index (χ0) is 38.6. The van der Waals surface area contributed by atoms with Crippen LogP contribution in [0.25, 0.3) is 0 Å². The van der Waals surface area contributed by atoms with Gasteiger partial charge in [0.05, 0.1) is 0 Å². The summed E-state index contributed by atoms with van der Waals surface area (Å²) >= 11 is 0. The first-order valence-electron chi connectivity index (χ1n) is 18.4. The van der Waals surface area contributed by atoms with E-state index in [1.807, 2.05) is 24.3 Å². The van der Waals surface area contributed by atoms with E-state index >= 15 is 0 Å². The van der Waals surface area contributed by atoms with Crippen LogP contribution in [-0.2, 0) is 21.7 Å². The number of phenols is 4. The Kier molecular flexibility index (Phi) is 10.1. The molecule has 5 aromatic rings. The molecule has 0 aliphatic rings. The summed E-state index contributed by atoms with van der Waals surface area (Å²) in [5.41, 5.74) is 8.32. The first kappa shape index (κ1) is 38.5. The zero-order valence-corrected chi connectivity index (χ0v) is 33.2. The van der Waals surface area contributed by atoms with Crippen molar-refractivity contribution in [3.8, 4) is 23.0 Å². The van der Waals surface area contributed by atoms with E-state index < -0.39 is 11.8 Å². The molecule has 5 rings (SSSR count).